The van der Waals surface area contributed by atoms with E-state index in [1.165, 1.54) is 0 Å². The third kappa shape index (κ3) is 6.60. The van der Waals surface area contributed by atoms with Crippen LogP contribution in [0.5, 0.6) is 17.2 Å². The number of hydrogen-bond acceptors (Lipinski definition) is 7. The Morgan fingerprint density at radius 1 is 0.833 bits per heavy atom. The first-order valence-corrected chi connectivity index (χ1v) is 16.1. The van der Waals surface area contributed by atoms with Crippen LogP contribution in [0.3, 0.4) is 0 Å². The predicted octanol–water partition coefficient (Wildman–Crippen LogP) is 9.56. The third-order valence-electron chi connectivity index (χ3n) is 8.40. The van der Waals surface area contributed by atoms with Gasteiger partial charge in [0.15, 0.2) is 0 Å². The molecule has 5 aromatic rings. The van der Waals surface area contributed by atoms with Crippen LogP contribution in [0.2, 0.25) is 0 Å². The molecule has 48 heavy (non-hydrogen) atoms. The van der Waals surface area contributed by atoms with Crippen molar-refractivity contribution in [2.24, 2.45) is 0 Å². The number of nitrogens with one attached hydrogen (secondary N) is 4. The second-order valence-corrected chi connectivity index (χ2v) is 12.9. The predicted molar refractivity (Wildman–Crippen MR) is 193 cm³/mol. The molecular formula is C40H40N4O4. The fourth-order valence-electron chi connectivity index (χ4n) is 5.83. The van der Waals surface area contributed by atoms with Crippen molar-refractivity contribution in [1.82, 2.24) is 5.32 Å². The molecule has 0 radical (unpaired) electrons. The number of rotatable bonds is 10. The number of anilines is 2. The zero-order chi connectivity index (χ0) is 34.0. The van der Waals surface area contributed by atoms with Crippen LogP contribution in [0.25, 0.3) is 21.9 Å². The zero-order valence-corrected chi connectivity index (χ0v) is 27.9. The van der Waals surface area contributed by atoms with E-state index in [9.17, 15) is 4.79 Å². The first kappa shape index (κ1) is 32.3. The first-order valence-electron chi connectivity index (χ1n) is 16.1. The lowest BCUT2D eigenvalue weighted by molar-refractivity contribution is 0.0499. The van der Waals surface area contributed by atoms with Gasteiger partial charge in [-0.25, -0.2) is 4.79 Å². The van der Waals surface area contributed by atoms with Crippen LogP contribution in [0.15, 0.2) is 91.0 Å². The quantitative estimate of drug-likeness (QED) is 0.0892. The van der Waals surface area contributed by atoms with Gasteiger partial charge in [0.05, 0.1) is 19.3 Å². The summed E-state index contributed by atoms with van der Waals surface area (Å²) in [5.41, 5.74) is 6.07. The molecule has 6 rings (SSSR count). The van der Waals surface area contributed by atoms with Gasteiger partial charge in [0.25, 0.3) is 0 Å². The second kappa shape index (κ2) is 13.2. The number of carbonyl (C=O) groups is 1. The molecule has 1 aliphatic rings. The van der Waals surface area contributed by atoms with Crippen molar-refractivity contribution in [2.45, 2.75) is 46.0 Å². The molecule has 244 valence electrons. The summed E-state index contributed by atoms with van der Waals surface area (Å²) in [6, 6.07) is 28.8. The number of methoxy groups -OCH3 is 1. The molecule has 0 saturated carbocycles. The van der Waals surface area contributed by atoms with Gasteiger partial charge in [0.2, 0.25) is 0 Å². The fourth-order valence-corrected chi connectivity index (χ4v) is 5.83. The van der Waals surface area contributed by atoms with E-state index in [0.717, 1.165) is 51.7 Å². The Balaban J connectivity index is 1.50. The molecule has 0 unspecified atom stereocenters. The summed E-state index contributed by atoms with van der Waals surface area (Å²) in [6.07, 6.45) is 1.79. The molecule has 1 heterocycles. The minimum Gasteiger partial charge on any atom is -0.497 e. The molecule has 0 saturated heterocycles. The van der Waals surface area contributed by atoms with E-state index in [-0.39, 0.29) is 23.1 Å². The van der Waals surface area contributed by atoms with Crippen molar-refractivity contribution >= 4 is 39.8 Å². The molecule has 0 aliphatic carbocycles. The summed E-state index contributed by atoms with van der Waals surface area (Å²) >= 11 is 0. The van der Waals surface area contributed by atoms with Crippen molar-refractivity contribution in [3.63, 3.8) is 0 Å². The highest BCUT2D eigenvalue weighted by Gasteiger charge is 2.29. The SMILES string of the molecule is CCCCOC(=O)c1ccc(Nc2cc(C(C)(C)C)cc3cc4c(c(-c5cccc(Oc6cccc(OC)c6)c5)c23)C(=N)NC4=N)cc1. The minimum atomic E-state index is -0.336. The molecule has 0 aromatic heterocycles. The van der Waals surface area contributed by atoms with Crippen LogP contribution in [0.4, 0.5) is 11.4 Å². The lowest BCUT2D eigenvalue weighted by atomic mass is 9.82. The van der Waals surface area contributed by atoms with E-state index in [0.29, 0.717) is 40.5 Å². The molecule has 0 amide bonds. The van der Waals surface area contributed by atoms with Crippen LogP contribution in [0, 0.1) is 10.8 Å². The molecule has 0 bridgehead atoms. The number of amidine groups is 2. The summed E-state index contributed by atoms with van der Waals surface area (Å²) in [4.78, 5) is 12.6. The van der Waals surface area contributed by atoms with Gasteiger partial charge in [-0.1, -0.05) is 58.4 Å². The molecule has 0 spiro atoms. The average molecular weight is 641 g/mol. The van der Waals surface area contributed by atoms with E-state index >= 15 is 0 Å². The van der Waals surface area contributed by atoms with Crippen molar-refractivity contribution < 1.29 is 19.0 Å². The van der Waals surface area contributed by atoms with Gasteiger partial charge < -0.3 is 24.8 Å². The third-order valence-corrected chi connectivity index (χ3v) is 8.40. The lowest BCUT2D eigenvalue weighted by Gasteiger charge is -2.24. The van der Waals surface area contributed by atoms with Gasteiger partial charge in [-0.2, -0.15) is 0 Å². The van der Waals surface area contributed by atoms with Crippen molar-refractivity contribution in [1.29, 1.82) is 10.8 Å². The first-order chi connectivity index (χ1) is 23.0. The summed E-state index contributed by atoms with van der Waals surface area (Å²) in [7, 11) is 1.62. The van der Waals surface area contributed by atoms with Crippen molar-refractivity contribution in [3.8, 4) is 28.4 Å². The molecule has 8 nitrogen and oxygen atoms in total. The molecular weight excluding hydrogens is 600 g/mol. The molecule has 5 aromatic carbocycles. The molecule has 8 heteroatoms. The summed E-state index contributed by atoms with van der Waals surface area (Å²) in [5, 5.41) is 26.0. The van der Waals surface area contributed by atoms with Crippen molar-refractivity contribution in [2.75, 3.05) is 19.0 Å². The highest BCUT2D eigenvalue weighted by molar-refractivity contribution is 6.30. The van der Waals surface area contributed by atoms with Gasteiger partial charge >= 0.3 is 5.97 Å². The van der Waals surface area contributed by atoms with Crippen LogP contribution in [0.1, 0.15) is 67.6 Å². The van der Waals surface area contributed by atoms with Gasteiger partial charge in [0, 0.05) is 39.5 Å². The lowest BCUT2D eigenvalue weighted by Crippen LogP contribution is -2.20. The van der Waals surface area contributed by atoms with Crippen LogP contribution >= 0.6 is 0 Å². The van der Waals surface area contributed by atoms with E-state index in [1.807, 2.05) is 66.7 Å². The summed E-state index contributed by atoms with van der Waals surface area (Å²) in [6.45, 7) is 8.97. The number of ether oxygens (including phenoxy) is 3. The van der Waals surface area contributed by atoms with E-state index in [2.05, 4.69) is 50.5 Å². The number of hydrogen-bond donors (Lipinski definition) is 4. The highest BCUT2D eigenvalue weighted by atomic mass is 16.5. The van der Waals surface area contributed by atoms with Crippen LogP contribution < -0.4 is 20.1 Å². The minimum absolute atomic E-state index is 0.168. The number of fused-ring (bicyclic) bond motifs is 2. The maximum atomic E-state index is 12.6. The van der Waals surface area contributed by atoms with Gasteiger partial charge in [-0.15, -0.1) is 0 Å². The largest absolute Gasteiger partial charge is 0.497 e. The Hall–Kier alpha value is -5.63. The van der Waals surface area contributed by atoms with Crippen LogP contribution in [-0.4, -0.2) is 31.4 Å². The molecule has 0 fully saturated rings. The molecule has 4 N–H and O–H groups in total. The van der Waals surface area contributed by atoms with Gasteiger partial charge in [0.1, 0.15) is 28.9 Å². The van der Waals surface area contributed by atoms with Crippen LogP contribution in [-0.2, 0) is 10.2 Å². The number of benzene rings is 5. The Kier molecular flexibility index (Phi) is 8.91. The zero-order valence-electron chi connectivity index (χ0n) is 27.9. The monoisotopic (exact) mass is 640 g/mol. The maximum absolute atomic E-state index is 12.6. The Bertz CT molecular complexity index is 2040. The Morgan fingerprint density at radius 2 is 1.54 bits per heavy atom. The van der Waals surface area contributed by atoms with E-state index in [4.69, 9.17) is 25.0 Å². The Morgan fingerprint density at radius 3 is 2.25 bits per heavy atom. The number of carbonyl (C=O) groups excluding carboxylic acids is 1. The highest BCUT2D eigenvalue weighted by Crippen LogP contribution is 2.44. The number of esters is 1. The molecule has 0 atom stereocenters. The van der Waals surface area contributed by atoms with E-state index in [1.54, 1.807) is 19.2 Å². The normalized spacial score (nSPS) is 12.4. The van der Waals surface area contributed by atoms with Crippen molar-refractivity contribution in [3.05, 3.63) is 113 Å². The summed E-state index contributed by atoms with van der Waals surface area (Å²) < 4.78 is 17.1. The van der Waals surface area contributed by atoms with Gasteiger partial charge in [-0.05, 0) is 89.0 Å². The molecule has 1 aliphatic heterocycles. The van der Waals surface area contributed by atoms with Gasteiger partial charge in [-0.3, -0.25) is 10.8 Å². The number of unbranched alkanes of at least 4 members (excludes halogenated alkanes) is 1. The van der Waals surface area contributed by atoms with E-state index < -0.39 is 0 Å². The average Bonchev–Trinajstić information content (AvgIpc) is 3.35. The second-order valence-electron chi connectivity index (χ2n) is 12.9. The Labute approximate surface area is 281 Å². The smallest absolute Gasteiger partial charge is 0.338 e. The summed E-state index contributed by atoms with van der Waals surface area (Å²) in [5.74, 6) is 1.99. The fraction of sp³-hybridized carbons (Fsp3) is 0.225. The standard InChI is InChI=1S/C40H40N4O4/c1-6-7-18-47-39(45)24-14-16-28(17-15-24)43-33-22-27(40(2,3)4)19-26-21-32-36(38(42)44-37(32)41)35(34(26)33)25-10-8-12-30(20-25)48-31-13-9-11-29(23-31)46-5/h8-17,19-23,43H,6-7,18H2,1-5H3,(H3,41,42,44). The maximum Gasteiger partial charge on any atom is 0.338 e. The topological polar surface area (TPSA) is 117 Å².